The summed E-state index contributed by atoms with van der Waals surface area (Å²) in [6, 6.07) is -0.168. The lowest BCUT2D eigenvalue weighted by molar-refractivity contribution is -0.945. The maximum absolute atomic E-state index is 12.2. The van der Waals surface area contributed by atoms with Crippen molar-refractivity contribution in [2.75, 3.05) is 20.1 Å². The highest BCUT2D eigenvalue weighted by molar-refractivity contribution is 6.05. The average molecular weight is 370 g/mol. The van der Waals surface area contributed by atoms with E-state index < -0.39 is 22.9 Å². The Morgan fingerprint density at radius 2 is 2.04 bits per heavy atom. The first-order valence-corrected chi connectivity index (χ1v) is 10.0. The smallest absolute Gasteiger partial charge is 0.220 e. The number of ketones is 1. The summed E-state index contributed by atoms with van der Waals surface area (Å²) in [5.41, 5.74) is -0.383. The lowest BCUT2D eigenvalue weighted by atomic mass is 9.47. The van der Waals surface area contributed by atoms with Crippen molar-refractivity contribution in [3.05, 3.63) is 47.3 Å². The normalized spacial score (nSPS) is 46.1. The van der Waals surface area contributed by atoms with Crippen LogP contribution in [0.4, 0.5) is 0 Å². The molecular formula is C22H28NO4+. The summed E-state index contributed by atoms with van der Waals surface area (Å²) in [4.78, 5) is 12.2. The van der Waals surface area contributed by atoms with Gasteiger partial charge >= 0.3 is 0 Å². The topological polar surface area (TPSA) is 77.8 Å². The number of hydrogen-bond donors (Lipinski definition) is 3. The molecule has 3 N–H and O–H groups in total. The van der Waals surface area contributed by atoms with Gasteiger partial charge in [-0.2, -0.15) is 0 Å². The quantitative estimate of drug-likeness (QED) is 0.513. The fourth-order valence-electron chi connectivity index (χ4n) is 6.40. The number of quaternary nitrogens is 1. The van der Waals surface area contributed by atoms with Gasteiger partial charge in [-0.1, -0.05) is 12.7 Å². The van der Waals surface area contributed by atoms with Gasteiger partial charge in [0.05, 0.1) is 31.7 Å². The Bertz CT molecular complexity index is 850. The Balaban J connectivity index is 1.77. The third kappa shape index (κ3) is 2.02. The molecule has 144 valence electrons. The molecule has 5 atom stereocenters. The third-order valence-electron chi connectivity index (χ3n) is 7.96. The SMILES string of the molecule is C=C1CC[C@@]2(O)[C@H]3C=C4C=CC(=O)C(O)=C4[C@@]2(CC[N+]3(C)CC2CC2)C1O. The van der Waals surface area contributed by atoms with Gasteiger partial charge in [0.15, 0.2) is 5.76 Å². The van der Waals surface area contributed by atoms with E-state index in [1.807, 2.05) is 0 Å². The lowest BCUT2D eigenvalue weighted by Gasteiger charge is -2.66. The van der Waals surface area contributed by atoms with Crippen LogP contribution in [0.25, 0.3) is 0 Å². The van der Waals surface area contributed by atoms with Gasteiger partial charge in [-0.15, -0.1) is 0 Å². The average Bonchev–Trinajstić information content (AvgIpc) is 3.43. The van der Waals surface area contributed by atoms with E-state index in [1.165, 1.54) is 18.9 Å². The molecule has 0 radical (unpaired) electrons. The molecule has 0 amide bonds. The summed E-state index contributed by atoms with van der Waals surface area (Å²) in [6.45, 7) is 5.87. The zero-order valence-electron chi connectivity index (χ0n) is 15.8. The Hall–Kier alpha value is -1.69. The molecule has 2 unspecified atom stereocenters. The van der Waals surface area contributed by atoms with E-state index >= 15 is 0 Å². The predicted octanol–water partition coefficient (Wildman–Crippen LogP) is 1.93. The zero-order valence-corrected chi connectivity index (χ0v) is 15.8. The van der Waals surface area contributed by atoms with E-state index in [9.17, 15) is 20.1 Å². The highest BCUT2D eigenvalue weighted by Gasteiger charge is 2.72. The Kier molecular flexibility index (Phi) is 3.37. The van der Waals surface area contributed by atoms with E-state index in [0.29, 0.717) is 36.3 Å². The molecule has 0 aromatic rings. The number of allylic oxidation sites excluding steroid dienone is 3. The molecule has 0 aromatic heterocycles. The zero-order chi connectivity index (χ0) is 19.2. The highest BCUT2D eigenvalue weighted by atomic mass is 16.3. The third-order valence-corrected chi connectivity index (χ3v) is 7.96. The summed E-state index contributed by atoms with van der Waals surface area (Å²) >= 11 is 0. The van der Waals surface area contributed by atoms with Gasteiger partial charge in [-0.3, -0.25) is 4.79 Å². The maximum Gasteiger partial charge on any atom is 0.220 e. The number of carbonyl (C=O) groups is 1. The fraction of sp³-hybridized carbons (Fsp3) is 0.591. The van der Waals surface area contributed by atoms with Crippen LogP contribution in [0.2, 0.25) is 0 Å². The highest BCUT2D eigenvalue weighted by Crippen LogP contribution is 2.64. The van der Waals surface area contributed by atoms with E-state index in [2.05, 4.69) is 19.7 Å². The molecule has 1 aliphatic heterocycles. The summed E-state index contributed by atoms with van der Waals surface area (Å²) in [5.74, 6) is -0.0732. The standard InChI is InChI=1S/C22H27NO4/c1-13-7-8-22(27)17-11-15-5-6-16(24)19(25)18(15)21(22,20(13)26)9-10-23(17,2)12-14-3-4-14/h5-6,11,14,17,20,26-27H,1,3-4,7-10,12H2,2H3/p+1/t17-,20?,21+,22-,23?/m1/s1. The van der Waals surface area contributed by atoms with Gasteiger partial charge in [-0.05, 0) is 49.0 Å². The van der Waals surface area contributed by atoms with Crippen molar-refractivity contribution < 1.29 is 24.6 Å². The van der Waals surface area contributed by atoms with Crippen LogP contribution in [0, 0.1) is 11.3 Å². The van der Waals surface area contributed by atoms with E-state index in [0.717, 1.165) is 23.1 Å². The van der Waals surface area contributed by atoms with Crippen molar-refractivity contribution in [1.82, 2.24) is 0 Å². The maximum atomic E-state index is 12.2. The Morgan fingerprint density at radius 1 is 1.30 bits per heavy atom. The molecule has 1 heterocycles. The lowest BCUT2D eigenvalue weighted by Crippen LogP contribution is -2.78. The molecule has 5 heteroatoms. The molecule has 2 bridgehead atoms. The first-order chi connectivity index (χ1) is 12.7. The van der Waals surface area contributed by atoms with Crippen LogP contribution in [-0.4, -0.2) is 63.5 Å². The van der Waals surface area contributed by atoms with E-state index in [-0.39, 0.29) is 11.8 Å². The predicted molar refractivity (Wildman–Crippen MR) is 101 cm³/mol. The number of piperidine rings is 1. The number of aliphatic hydroxyl groups is 3. The minimum atomic E-state index is -1.20. The Labute approximate surface area is 159 Å². The number of aliphatic hydroxyl groups excluding tert-OH is 2. The van der Waals surface area contributed by atoms with Crippen LogP contribution >= 0.6 is 0 Å². The molecule has 0 aromatic carbocycles. The summed E-state index contributed by atoms with van der Waals surface area (Å²) in [5, 5.41) is 34.1. The number of carbonyl (C=O) groups excluding carboxylic acids is 1. The minimum Gasteiger partial charge on any atom is -0.504 e. The molecule has 5 nitrogen and oxygen atoms in total. The van der Waals surface area contributed by atoms with Gasteiger partial charge in [0.25, 0.3) is 0 Å². The van der Waals surface area contributed by atoms with Crippen molar-refractivity contribution in [3.63, 3.8) is 0 Å². The second kappa shape index (κ2) is 5.22. The minimum absolute atomic E-state index is 0.168. The molecular weight excluding hydrogens is 342 g/mol. The Morgan fingerprint density at radius 3 is 2.74 bits per heavy atom. The second-order valence-corrected chi connectivity index (χ2v) is 9.52. The van der Waals surface area contributed by atoms with Crippen LogP contribution in [0.5, 0.6) is 0 Å². The van der Waals surface area contributed by atoms with Gasteiger partial charge in [0, 0.05) is 17.9 Å². The van der Waals surface area contributed by atoms with E-state index in [4.69, 9.17) is 0 Å². The largest absolute Gasteiger partial charge is 0.504 e. The van der Waals surface area contributed by atoms with Crippen molar-refractivity contribution >= 4 is 5.78 Å². The molecule has 1 saturated heterocycles. The molecule has 5 rings (SSSR count). The van der Waals surface area contributed by atoms with Crippen molar-refractivity contribution in [2.24, 2.45) is 11.3 Å². The molecule has 4 aliphatic carbocycles. The molecule has 0 spiro atoms. The monoisotopic (exact) mass is 370 g/mol. The number of hydrogen-bond acceptors (Lipinski definition) is 4. The van der Waals surface area contributed by atoms with Crippen molar-refractivity contribution in [3.8, 4) is 0 Å². The first kappa shape index (κ1) is 17.4. The van der Waals surface area contributed by atoms with Gasteiger partial charge in [0.1, 0.15) is 11.6 Å². The number of rotatable bonds is 2. The number of likely N-dealkylation sites (tertiary alicyclic amines) is 1. The number of nitrogens with zero attached hydrogens (tertiary/aromatic N) is 1. The second-order valence-electron chi connectivity index (χ2n) is 9.52. The van der Waals surface area contributed by atoms with Gasteiger partial charge in [0.2, 0.25) is 5.78 Å². The summed E-state index contributed by atoms with van der Waals surface area (Å²) in [7, 11) is 2.21. The van der Waals surface area contributed by atoms with Crippen molar-refractivity contribution in [2.45, 2.75) is 49.9 Å². The molecule has 2 saturated carbocycles. The van der Waals surface area contributed by atoms with Crippen molar-refractivity contribution in [1.29, 1.82) is 0 Å². The van der Waals surface area contributed by atoms with Crippen LogP contribution < -0.4 is 0 Å². The van der Waals surface area contributed by atoms with Crippen LogP contribution in [-0.2, 0) is 4.79 Å². The summed E-state index contributed by atoms with van der Waals surface area (Å²) < 4.78 is 0.751. The van der Waals surface area contributed by atoms with E-state index in [1.54, 1.807) is 6.08 Å². The van der Waals surface area contributed by atoms with Crippen LogP contribution in [0.15, 0.2) is 47.3 Å². The molecule has 3 fully saturated rings. The fourth-order valence-corrected chi connectivity index (χ4v) is 6.40. The summed E-state index contributed by atoms with van der Waals surface area (Å²) in [6.07, 6.45) is 8.29. The van der Waals surface area contributed by atoms with Crippen LogP contribution in [0.3, 0.4) is 0 Å². The van der Waals surface area contributed by atoms with Gasteiger partial charge in [-0.25, -0.2) is 0 Å². The van der Waals surface area contributed by atoms with Crippen LogP contribution in [0.1, 0.15) is 32.1 Å². The van der Waals surface area contributed by atoms with Gasteiger partial charge < -0.3 is 19.8 Å². The number of likely N-dealkylation sites (N-methyl/N-ethyl adjacent to an activating group) is 1. The first-order valence-electron chi connectivity index (χ1n) is 10.0. The molecule has 5 aliphatic rings. The molecule has 27 heavy (non-hydrogen) atoms. The number of fused-ring (bicyclic) bond motifs is 1.